The first-order valence-electron chi connectivity index (χ1n) is 6.61. The van der Waals surface area contributed by atoms with Gasteiger partial charge in [-0.15, -0.1) is 0 Å². The van der Waals surface area contributed by atoms with E-state index in [1.165, 1.54) is 6.07 Å². The average molecular weight is 625 g/mol. The van der Waals surface area contributed by atoms with Gasteiger partial charge in [0.25, 0.3) is 0 Å². The summed E-state index contributed by atoms with van der Waals surface area (Å²) in [6.07, 6.45) is 0. The van der Waals surface area contributed by atoms with E-state index >= 15 is 0 Å². The molecule has 2 aromatic rings. The molecule has 0 heterocycles. The van der Waals surface area contributed by atoms with Gasteiger partial charge in [0.2, 0.25) is 0 Å². The van der Waals surface area contributed by atoms with Gasteiger partial charge in [-0.1, -0.05) is 43.6 Å². The highest BCUT2D eigenvalue weighted by Gasteiger charge is 2.07. The van der Waals surface area contributed by atoms with E-state index in [-0.39, 0.29) is 12.2 Å². The molecule has 0 fully saturated rings. The fourth-order valence-electron chi connectivity index (χ4n) is 1.55. The Hall–Kier alpha value is -0.0600. The largest absolute Gasteiger partial charge is 0.487 e. The first kappa shape index (κ1) is 22.9. The van der Waals surface area contributed by atoms with Gasteiger partial charge in [-0.2, -0.15) is 0 Å². The smallest absolute Gasteiger partial charge is 0.335 e. The zero-order valence-corrected chi connectivity index (χ0v) is 19.2. The summed E-state index contributed by atoms with van der Waals surface area (Å²) in [6.45, 7) is 4.26. The molecule has 2 aromatic carbocycles. The minimum absolute atomic E-state index is 0.237. The molecule has 1 N–H and O–H groups in total. The lowest BCUT2D eigenvalue weighted by Gasteiger charge is -2.09. The third kappa shape index (κ3) is 8.04. The van der Waals surface area contributed by atoms with Crippen LogP contribution in [-0.4, -0.2) is 11.1 Å². The van der Waals surface area contributed by atoms with Crippen molar-refractivity contribution < 1.29 is 14.6 Å². The van der Waals surface area contributed by atoms with Crippen molar-refractivity contribution in [3.05, 3.63) is 63.1 Å². The van der Waals surface area contributed by atoms with E-state index in [2.05, 4.69) is 53.2 Å². The third-order valence-corrected chi connectivity index (χ3v) is 3.76. The van der Waals surface area contributed by atoms with Crippen molar-refractivity contribution in [3.63, 3.8) is 0 Å². The highest BCUT2D eigenvalue weighted by atomic mass is 128. The molecule has 0 unspecified atom stereocenters. The molecule has 23 heavy (non-hydrogen) atoms. The first-order valence-corrected chi connectivity index (χ1v) is 14.1. The molecular formula is C16H16BrClI2O3. The molecule has 0 aliphatic rings. The van der Waals surface area contributed by atoms with Crippen molar-refractivity contribution in [2.75, 3.05) is 0 Å². The molecule has 0 saturated carbocycles. The second-order valence-electron chi connectivity index (χ2n) is 3.85. The number of rotatable bonds is 4. The number of benzene rings is 2. The lowest BCUT2D eigenvalue weighted by atomic mass is 10.1. The normalized spacial score (nSPS) is 8.96. The van der Waals surface area contributed by atoms with Crippen LogP contribution in [0.15, 0.2) is 46.9 Å². The molecule has 0 aromatic heterocycles. The number of aromatic carboxylic acids is 1. The van der Waals surface area contributed by atoms with Crippen LogP contribution in [0.2, 0.25) is 5.02 Å². The quantitative estimate of drug-likeness (QED) is 0.367. The molecule has 3 nitrogen and oxygen atoms in total. The average Bonchev–Trinajstić information content (AvgIpc) is 2.60. The van der Waals surface area contributed by atoms with Crippen molar-refractivity contribution in [2.24, 2.45) is 0 Å². The van der Waals surface area contributed by atoms with Crippen molar-refractivity contribution in [1.29, 1.82) is 0 Å². The van der Waals surface area contributed by atoms with Crippen LogP contribution in [-0.2, 0) is 6.61 Å². The molecule has 0 aliphatic carbocycles. The van der Waals surface area contributed by atoms with Crippen molar-refractivity contribution >= 4 is 70.7 Å². The topological polar surface area (TPSA) is 46.5 Å². The van der Waals surface area contributed by atoms with E-state index < -0.39 is 5.97 Å². The molecule has 0 saturated heterocycles. The minimum Gasteiger partial charge on any atom is -0.487 e. The van der Waals surface area contributed by atoms with Crippen LogP contribution in [0.3, 0.4) is 0 Å². The number of carbonyl (C=O) groups is 1. The van der Waals surface area contributed by atoms with E-state index in [1.807, 2.05) is 26.0 Å². The molecule has 7 heteroatoms. The van der Waals surface area contributed by atoms with Gasteiger partial charge in [0.15, 0.2) is 0 Å². The SMILES string of the molecule is CC.II.O=C(O)c1cccc(COc2cccc(Br)c2Cl)c1. The van der Waals surface area contributed by atoms with Gasteiger partial charge >= 0.3 is 5.97 Å². The molecule has 2 rings (SSSR count). The van der Waals surface area contributed by atoms with Gasteiger partial charge in [0.05, 0.1) is 10.6 Å². The molecule has 0 atom stereocenters. The Morgan fingerprint density at radius 2 is 1.83 bits per heavy atom. The highest BCUT2D eigenvalue weighted by molar-refractivity contribution is 15.0. The van der Waals surface area contributed by atoms with Crippen molar-refractivity contribution in [2.45, 2.75) is 20.5 Å². The maximum atomic E-state index is 10.9. The second-order valence-corrected chi connectivity index (χ2v) is 5.08. The minimum atomic E-state index is -0.956. The Bertz CT molecular complexity index is 624. The van der Waals surface area contributed by atoms with E-state index in [9.17, 15) is 4.79 Å². The van der Waals surface area contributed by atoms with Crippen molar-refractivity contribution in [3.8, 4) is 5.75 Å². The summed E-state index contributed by atoms with van der Waals surface area (Å²) >= 11 is 13.6. The number of halogens is 4. The van der Waals surface area contributed by atoms with Gasteiger partial charge < -0.3 is 9.84 Å². The maximum Gasteiger partial charge on any atom is 0.335 e. The van der Waals surface area contributed by atoms with Gasteiger partial charge in [-0.05, 0) is 45.8 Å². The van der Waals surface area contributed by atoms with Gasteiger partial charge in [-0.25, -0.2) is 4.79 Å². The van der Waals surface area contributed by atoms with Crippen LogP contribution < -0.4 is 4.74 Å². The fourth-order valence-corrected chi connectivity index (χ4v) is 2.08. The number of ether oxygens (including phenoxy) is 1. The molecule has 126 valence electrons. The molecule has 0 amide bonds. The molecule has 0 radical (unpaired) electrons. The van der Waals surface area contributed by atoms with Crippen LogP contribution in [0.4, 0.5) is 0 Å². The summed E-state index contributed by atoms with van der Waals surface area (Å²) in [5.41, 5.74) is 1.01. The Morgan fingerprint density at radius 3 is 2.43 bits per heavy atom. The number of carboxylic acid groups (broad SMARTS) is 1. The highest BCUT2D eigenvalue weighted by Crippen LogP contribution is 2.32. The lowest BCUT2D eigenvalue weighted by Crippen LogP contribution is -2.00. The van der Waals surface area contributed by atoms with Crippen molar-refractivity contribution in [1.82, 2.24) is 0 Å². The Kier molecular flexibility index (Phi) is 13.2. The van der Waals surface area contributed by atoms with Gasteiger partial charge in [-0.3, -0.25) is 0 Å². The van der Waals surface area contributed by atoms with Crippen LogP contribution in [0, 0.1) is 0 Å². The maximum absolute atomic E-state index is 10.9. The summed E-state index contributed by atoms with van der Waals surface area (Å²) in [7, 11) is 0. The van der Waals surface area contributed by atoms with Crippen LogP contribution in [0.25, 0.3) is 0 Å². The zero-order valence-electron chi connectivity index (χ0n) is 12.5. The van der Waals surface area contributed by atoms with Gasteiger partial charge in [0, 0.05) is 41.7 Å². The molecule has 0 spiro atoms. The van der Waals surface area contributed by atoms with E-state index in [0.29, 0.717) is 10.8 Å². The monoisotopic (exact) mass is 624 g/mol. The standard InChI is InChI=1S/C14H10BrClO3.C2H6.I2/c15-11-5-2-6-12(13(11)16)19-8-9-3-1-4-10(7-9)14(17)18;2*1-2/h1-7H,8H2,(H,17,18);1-2H3;. The summed E-state index contributed by atoms with van der Waals surface area (Å²) in [5.74, 6) is -0.404. The summed E-state index contributed by atoms with van der Waals surface area (Å²) in [4.78, 5) is 10.9. The summed E-state index contributed by atoms with van der Waals surface area (Å²) in [5, 5.41) is 9.40. The Morgan fingerprint density at radius 1 is 1.22 bits per heavy atom. The van der Waals surface area contributed by atoms with Crippen LogP contribution in [0.5, 0.6) is 5.75 Å². The predicted octanol–water partition coefficient (Wildman–Crippen LogP) is 7.18. The van der Waals surface area contributed by atoms with Crippen LogP contribution >= 0.6 is 64.8 Å². The Labute approximate surface area is 173 Å². The molecule has 0 bridgehead atoms. The number of hydrogen-bond donors (Lipinski definition) is 1. The Balaban J connectivity index is 0.00000112. The van der Waals surface area contributed by atoms with Gasteiger partial charge in [0.1, 0.15) is 12.4 Å². The predicted molar refractivity (Wildman–Crippen MR) is 116 cm³/mol. The third-order valence-electron chi connectivity index (χ3n) is 2.48. The fraction of sp³-hybridized carbons (Fsp3) is 0.188. The summed E-state index contributed by atoms with van der Waals surface area (Å²) in [6, 6.07) is 12.0. The lowest BCUT2D eigenvalue weighted by molar-refractivity contribution is 0.0696. The number of carboxylic acids is 1. The van der Waals surface area contributed by atoms with E-state index in [1.54, 1.807) is 24.3 Å². The molecular weight excluding hydrogens is 609 g/mol. The van der Waals surface area contributed by atoms with E-state index in [0.717, 1.165) is 10.0 Å². The number of hydrogen-bond acceptors (Lipinski definition) is 2. The molecule has 0 aliphatic heterocycles. The van der Waals surface area contributed by atoms with E-state index in [4.69, 9.17) is 21.4 Å². The van der Waals surface area contributed by atoms with Crippen LogP contribution in [0.1, 0.15) is 29.8 Å². The first-order chi connectivity index (χ1) is 11.1. The second kappa shape index (κ2) is 13.3. The zero-order chi connectivity index (χ0) is 17.8. The summed E-state index contributed by atoms with van der Waals surface area (Å²) < 4.78 is 6.34.